The Morgan fingerprint density at radius 1 is 1.42 bits per heavy atom. The molecule has 3 aliphatic rings. The van der Waals surface area contributed by atoms with Gasteiger partial charge in [0.1, 0.15) is 16.3 Å². The zero-order chi connectivity index (χ0) is 13.3. The molecule has 3 fully saturated rings. The smallest absolute Gasteiger partial charge is 0.136 e. The van der Waals surface area contributed by atoms with Crippen molar-refractivity contribution in [2.24, 2.45) is 5.92 Å². The van der Waals surface area contributed by atoms with E-state index < -0.39 is 5.60 Å². The molecule has 2 bridgehead atoms. The van der Waals surface area contributed by atoms with Gasteiger partial charge in [0.05, 0.1) is 11.7 Å². The van der Waals surface area contributed by atoms with Crippen molar-refractivity contribution in [1.82, 2.24) is 13.6 Å². The minimum Gasteiger partial charge on any atom is -0.382 e. The van der Waals surface area contributed by atoms with Crippen LogP contribution in [0, 0.1) is 5.92 Å². The van der Waals surface area contributed by atoms with Crippen LogP contribution < -0.4 is 0 Å². The van der Waals surface area contributed by atoms with Crippen molar-refractivity contribution in [2.75, 3.05) is 25.4 Å². The topological polar surface area (TPSA) is 49.3 Å². The lowest BCUT2D eigenvalue weighted by atomic mass is 9.74. The molecule has 0 saturated carbocycles. The van der Waals surface area contributed by atoms with Gasteiger partial charge in [0.15, 0.2) is 0 Å². The molecule has 1 aromatic heterocycles. The highest BCUT2D eigenvalue weighted by atomic mass is 32.2. The summed E-state index contributed by atoms with van der Waals surface area (Å²) in [5.41, 5.74) is 0.103. The SMILES string of the molecule is CCCCSc1nsnc1C1(O)CN2CCC1CC2. The summed E-state index contributed by atoms with van der Waals surface area (Å²) in [5.74, 6) is 1.44. The Balaban J connectivity index is 1.79. The third-order valence-electron chi connectivity index (χ3n) is 4.33. The standard InChI is InChI=1S/C13H21N3OS2/c1-2-3-8-18-12-11(14-19-15-12)13(17)9-16-6-4-10(13)5-7-16/h10,17H,2-9H2,1H3. The summed E-state index contributed by atoms with van der Waals surface area (Å²) in [4.78, 5) is 2.36. The number of fused-ring (bicyclic) bond motifs is 3. The number of nitrogens with zero attached hydrogens (tertiary/aromatic N) is 3. The molecule has 3 aliphatic heterocycles. The first-order valence-corrected chi connectivity index (χ1v) is 8.86. The number of aromatic nitrogens is 2. The monoisotopic (exact) mass is 299 g/mol. The van der Waals surface area contributed by atoms with Crippen LogP contribution in [0.5, 0.6) is 0 Å². The van der Waals surface area contributed by atoms with Gasteiger partial charge in [-0.15, -0.1) is 11.8 Å². The fourth-order valence-electron chi connectivity index (χ4n) is 3.16. The molecule has 6 heteroatoms. The summed E-state index contributed by atoms with van der Waals surface area (Å²) in [6.07, 6.45) is 4.57. The van der Waals surface area contributed by atoms with Crippen molar-refractivity contribution in [3.63, 3.8) is 0 Å². The molecule has 1 aromatic rings. The molecule has 4 heterocycles. The van der Waals surface area contributed by atoms with E-state index in [0.717, 1.165) is 48.9 Å². The van der Waals surface area contributed by atoms with Gasteiger partial charge in [0.25, 0.3) is 0 Å². The number of aliphatic hydroxyl groups is 1. The third kappa shape index (κ3) is 2.55. The third-order valence-corrected chi connectivity index (χ3v) is 6.03. The van der Waals surface area contributed by atoms with Crippen LogP contribution >= 0.6 is 23.5 Å². The van der Waals surface area contributed by atoms with Crippen LogP contribution in [-0.2, 0) is 5.60 Å². The molecule has 3 saturated heterocycles. The summed E-state index contributed by atoms with van der Waals surface area (Å²) < 4.78 is 8.85. The second-order valence-electron chi connectivity index (χ2n) is 5.59. The molecule has 1 atom stereocenters. The van der Waals surface area contributed by atoms with Gasteiger partial charge in [0, 0.05) is 6.54 Å². The maximum Gasteiger partial charge on any atom is 0.136 e. The minimum absolute atomic E-state index is 0.368. The summed E-state index contributed by atoms with van der Waals surface area (Å²) in [6, 6.07) is 0. The second kappa shape index (κ2) is 5.68. The van der Waals surface area contributed by atoms with Crippen molar-refractivity contribution in [2.45, 2.75) is 43.2 Å². The number of hydrogen-bond donors (Lipinski definition) is 1. The molecule has 1 unspecified atom stereocenters. The molecule has 0 radical (unpaired) electrons. The van der Waals surface area contributed by atoms with Crippen LogP contribution in [0.15, 0.2) is 5.03 Å². The Kier molecular flexibility index (Phi) is 4.12. The first-order chi connectivity index (χ1) is 9.24. The fraction of sp³-hybridized carbons (Fsp3) is 0.846. The number of piperidine rings is 3. The van der Waals surface area contributed by atoms with Gasteiger partial charge in [-0.2, -0.15) is 8.75 Å². The molecule has 106 valence electrons. The highest BCUT2D eigenvalue weighted by molar-refractivity contribution is 7.99. The van der Waals surface area contributed by atoms with E-state index >= 15 is 0 Å². The lowest BCUT2D eigenvalue weighted by Gasteiger charge is -2.49. The van der Waals surface area contributed by atoms with Crippen LogP contribution in [0.4, 0.5) is 0 Å². The zero-order valence-electron chi connectivity index (χ0n) is 11.3. The Morgan fingerprint density at radius 3 is 2.84 bits per heavy atom. The van der Waals surface area contributed by atoms with Crippen molar-refractivity contribution in [3.8, 4) is 0 Å². The predicted octanol–water partition coefficient (Wildman–Crippen LogP) is 2.34. The van der Waals surface area contributed by atoms with E-state index in [1.807, 2.05) is 0 Å². The van der Waals surface area contributed by atoms with Crippen molar-refractivity contribution in [3.05, 3.63) is 5.69 Å². The molecular weight excluding hydrogens is 278 g/mol. The lowest BCUT2D eigenvalue weighted by Crippen LogP contribution is -2.57. The molecule has 0 aliphatic carbocycles. The van der Waals surface area contributed by atoms with E-state index in [4.69, 9.17) is 0 Å². The van der Waals surface area contributed by atoms with Gasteiger partial charge in [0.2, 0.25) is 0 Å². The maximum atomic E-state index is 11.1. The van der Waals surface area contributed by atoms with Gasteiger partial charge in [-0.25, -0.2) is 0 Å². The summed E-state index contributed by atoms with van der Waals surface area (Å²) in [5, 5.41) is 12.1. The summed E-state index contributed by atoms with van der Waals surface area (Å²) in [6.45, 7) is 5.19. The summed E-state index contributed by atoms with van der Waals surface area (Å²) >= 11 is 3.00. The highest BCUT2D eigenvalue weighted by Gasteiger charge is 2.49. The van der Waals surface area contributed by atoms with Crippen LogP contribution in [0.3, 0.4) is 0 Å². The second-order valence-corrected chi connectivity index (χ2v) is 7.21. The minimum atomic E-state index is -0.752. The Labute approximate surface area is 122 Å². The van der Waals surface area contributed by atoms with Gasteiger partial charge in [-0.3, -0.25) is 0 Å². The predicted molar refractivity (Wildman–Crippen MR) is 78.6 cm³/mol. The Hall–Kier alpha value is -0.170. The van der Waals surface area contributed by atoms with Gasteiger partial charge in [-0.05, 0) is 44.0 Å². The molecule has 4 nitrogen and oxygen atoms in total. The Bertz CT molecular complexity index is 431. The largest absolute Gasteiger partial charge is 0.382 e. The van der Waals surface area contributed by atoms with E-state index in [-0.39, 0.29) is 0 Å². The first kappa shape index (κ1) is 13.8. The van der Waals surface area contributed by atoms with Crippen molar-refractivity contribution >= 4 is 23.5 Å². The molecule has 19 heavy (non-hydrogen) atoms. The van der Waals surface area contributed by atoms with E-state index in [0.29, 0.717) is 5.92 Å². The average Bonchev–Trinajstić information content (AvgIpc) is 2.89. The fourth-order valence-corrected chi connectivity index (χ4v) is 5.04. The highest BCUT2D eigenvalue weighted by Crippen LogP contribution is 2.44. The maximum absolute atomic E-state index is 11.1. The molecule has 0 spiro atoms. The molecular formula is C13H21N3OS2. The molecule has 0 amide bonds. The van der Waals surface area contributed by atoms with Crippen molar-refractivity contribution < 1.29 is 5.11 Å². The summed E-state index contributed by atoms with van der Waals surface area (Å²) in [7, 11) is 0. The van der Waals surface area contributed by atoms with E-state index in [2.05, 4.69) is 20.6 Å². The van der Waals surface area contributed by atoms with Crippen LogP contribution in [0.25, 0.3) is 0 Å². The molecule has 1 N–H and O–H groups in total. The lowest BCUT2D eigenvalue weighted by molar-refractivity contribution is -0.121. The van der Waals surface area contributed by atoms with Gasteiger partial charge < -0.3 is 10.0 Å². The quantitative estimate of drug-likeness (QED) is 0.668. The van der Waals surface area contributed by atoms with Gasteiger partial charge >= 0.3 is 0 Å². The van der Waals surface area contributed by atoms with E-state index in [9.17, 15) is 5.11 Å². The van der Waals surface area contributed by atoms with Crippen LogP contribution in [-0.4, -0.2) is 44.1 Å². The first-order valence-electron chi connectivity index (χ1n) is 7.14. The van der Waals surface area contributed by atoms with E-state index in [1.54, 1.807) is 11.8 Å². The van der Waals surface area contributed by atoms with Crippen molar-refractivity contribution in [1.29, 1.82) is 0 Å². The Morgan fingerprint density at radius 2 is 2.21 bits per heavy atom. The zero-order valence-corrected chi connectivity index (χ0v) is 13.0. The number of hydrogen-bond acceptors (Lipinski definition) is 6. The average molecular weight is 299 g/mol. The number of thioether (sulfide) groups is 1. The molecule has 4 rings (SSSR count). The number of unbranched alkanes of at least 4 members (excludes halogenated alkanes) is 1. The van der Waals surface area contributed by atoms with E-state index in [1.165, 1.54) is 24.6 Å². The molecule has 0 aromatic carbocycles. The van der Waals surface area contributed by atoms with Crippen LogP contribution in [0.2, 0.25) is 0 Å². The number of rotatable bonds is 5. The van der Waals surface area contributed by atoms with Gasteiger partial charge in [-0.1, -0.05) is 13.3 Å². The normalized spacial score (nSPS) is 33.8. The van der Waals surface area contributed by atoms with Crippen LogP contribution in [0.1, 0.15) is 38.3 Å².